The number of fused-ring (bicyclic) bond motifs is 1. The number of aromatic nitrogens is 2. The molecule has 1 fully saturated rings. The molecule has 0 aliphatic carbocycles. The van der Waals surface area contributed by atoms with Crippen molar-refractivity contribution >= 4 is 22.8 Å². The maximum Gasteiger partial charge on any atom is 0.330 e. The third-order valence-corrected chi connectivity index (χ3v) is 4.73. The van der Waals surface area contributed by atoms with Gasteiger partial charge in [0.15, 0.2) is 11.7 Å². The lowest BCUT2D eigenvalue weighted by molar-refractivity contribution is -0.142. The van der Waals surface area contributed by atoms with Crippen molar-refractivity contribution in [2.24, 2.45) is 11.8 Å². The van der Waals surface area contributed by atoms with Crippen LogP contribution in [0.2, 0.25) is 0 Å². The topological polar surface area (TPSA) is 79.1 Å². The van der Waals surface area contributed by atoms with Crippen LogP contribution in [0.4, 0.5) is 5.82 Å². The van der Waals surface area contributed by atoms with Gasteiger partial charge in [0.05, 0.1) is 17.1 Å². The third kappa shape index (κ3) is 4.08. The number of piperidine rings is 1. The van der Waals surface area contributed by atoms with Crippen LogP contribution >= 0.6 is 0 Å². The zero-order valence-electron chi connectivity index (χ0n) is 15.8. The van der Waals surface area contributed by atoms with Gasteiger partial charge in [0.25, 0.3) is 0 Å². The van der Waals surface area contributed by atoms with E-state index in [-0.39, 0.29) is 6.61 Å². The van der Waals surface area contributed by atoms with Gasteiger partial charge in [-0.15, -0.1) is 0 Å². The van der Waals surface area contributed by atoms with Crippen LogP contribution in [0.1, 0.15) is 31.9 Å². The molecule has 1 aliphatic heterocycles. The summed E-state index contributed by atoms with van der Waals surface area (Å²) >= 11 is 0. The first-order chi connectivity index (χ1) is 13.0. The molecule has 0 bridgehead atoms. The number of carbonyl (C=O) groups excluding carboxylic acids is 1. The molecule has 6 heteroatoms. The maximum absolute atomic E-state index is 12.5. The predicted molar refractivity (Wildman–Crippen MR) is 104 cm³/mol. The van der Waals surface area contributed by atoms with Crippen LogP contribution in [-0.4, -0.2) is 35.6 Å². The highest BCUT2D eigenvalue weighted by molar-refractivity contribution is 5.85. The quantitative estimate of drug-likeness (QED) is 0.597. The Kier molecular flexibility index (Phi) is 5.70. The van der Waals surface area contributed by atoms with E-state index in [0.717, 1.165) is 25.0 Å². The zero-order chi connectivity index (χ0) is 19.4. The molecule has 0 radical (unpaired) electrons. The average Bonchev–Trinajstić information content (AvgIpc) is 2.65. The van der Waals surface area contributed by atoms with Crippen molar-refractivity contribution in [1.82, 2.24) is 9.97 Å². The summed E-state index contributed by atoms with van der Waals surface area (Å²) in [4.78, 5) is 24.0. The molecule has 0 N–H and O–H groups in total. The second kappa shape index (κ2) is 8.17. The number of carbonyl (C=O) groups is 1. The largest absolute Gasteiger partial charge is 0.460 e. The summed E-state index contributed by atoms with van der Waals surface area (Å²) in [5.41, 5.74) is 1.77. The molecule has 3 unspecified atom stereocenters. The molecular formula is C21H24N4O2. The highest BCUT2D eigenvalue weighted by Crippen LogP contribution is 2.32. The number of ether oxygens (including phenoxy) is 1. The lowest BCUT2D eigenvalue weighted by atomic mass is 9.91. The summed E-state index contributed by atoms with van der Waals surface area (Å²) in [5.74, 6) is -0.133. The zero-order valence-corrected chi connectivity index (χ0v) is 15.8. The van der Waals surface area contributed by atoms with Crippen LogP contribution in [-0.2, 0) is 9.53 Å². The first-order valence-electron chi connectivity index (χ1n) is 9.22. The SMILES string of the molecule is C=CCOC(=O)C(C#N)c1nc2ccccc2nc1N1CC(C)CC(C)C1. The van der Waals surface area contributed by atoms with Gasteiger partial charge in [-0.3, -0.25) is 4.79 Å². The van der Waals surface area contributed by atoms with Crippen LogP contribution < -0.4 is 4.90 Å². The summed E-state index contributed by atoms with van der Waals surface area (Å²) in [6, 6.07) is 9.55. The highest BCUT2D eigenvalue weighted by Gasteiger charge is 2.32. The molecule has 2 aromatic rings. The van der Waals surface area contributed by atoms with Gasteiger partial charge in [-0.25, -0.2) is 9.97 Å². The van der Waals surface area contributed by atoms with E-state index in [1.165, 1.54) is 6.08 Å². The van der Waals surface area contributed by atoms with Gasteiger partial charge in [0, 0.05) is 13.1 Å². The highest BCUT2D eigenvalue weighted by atomic mass is 16.5. The Morgan fingerprint density at radius 2 is 1.96 bits per heavy atom. The summed E-state index contributed by atoms with van der Waals surface area (Å²) in [7, 11) is 0. The van der Waals surface area contributed by atoms with E-state index in [2.05, 4.69) is 36.4 Å². The molecule has 3 rings (SSSR count). The summed E-state index contributed by atoms with van der Waals surface area (Å²) in [6.45, 7) is 9.66. The fourth-order valence-electron chi connectivity index (χ4n) is 3.72. The molecule has 0 saturated carbocycles. The van der Waals surface area contributed by atoms with Crippen LogP contribution in [0, 0.1) is 23.2 Å². The smallest absolute Gasteiger partial charge is 0.330 e. The van der Waals surface area contributed by atoms with Gasteiger partial charge in [-0.05, 0) is 30.4 Å². The Labute approximate surface area is 159 Å². The normalized spacial score (nSPS) is 20.7. The second-order valence-corrected chi connectivity index (χ2v) is 7.25. The molecular weight excluding hydrogens is 340 g/mol. The minimum absolute atomic E-state index is 0.0607. The Morgan fingerprint density at radius 3 is 2.56 bits per heavy atom. The molecule has 3 atom stereocenters. The summed E-state index contributed by atoms with van der Waals surface area (Å²) < 4.78 is 5.13. The number of benzene rings is 1. The molecule has 0 spiro atoms. The number of hydrogen-bond donors (Lipinski definition) is 0. The van der Waals surface area contributed by atoms with Crippen molar-refractivity contribution in [1.29, 1.82) is 5.26 Å². The van der Waals surface area contributed by atoms with E-state index < -0.39 is 11.9 Å². The lowest BCUT2D eigenvalue weighted by Gasteiger charge is -2.36. The Morgan fingerprint density at radius 1 is 1.33 bits per heavy atom. The third-order valence-electron chi connectivity index (χ3n) is 4.73. The fraction of sp³-hybridized carbons (Fsp3) is 0.429. The molecule has 6 nitrogen and oxygen atoms in total. The van der Waals surface area contributed by atoms with Gasteiger partial charge in [0.1, 0.15) is 12.3 Å². The number of nitrogens with zero attached hydrogens (tertiary/aromatic N) is 4. The van der Waals surface area contributed by atoms with Crippen LogP contribution in [0.3, 0.4) is 0 Å². The Balaban J connectivity index is 2.09. The van der Waals surface area contributed by atoms with E-state index >= 15 is 0 Å². The molecule has 1 aliphatic rings. The van der Waals surface area contributed by atoms with Gasteiger partial charge in [0.2, 0.25) is 0 Å². The van der Waals surface area contributed by atoms with Gasteiger partial charge >= 0.3 is 5.97 Å². The fourth-order valence-corrected chi connectivity index (χ4v) is 3.72. The van der Waals surface area contributed by atoms with Gasteiger partial charge in [-0.2, -0.15) is 5.26 Å². The van der Waals surface area contributed by atoms with Crippen LogP contribution in [0.5, 0.6) is 0 Å². The monoisotopic (exact) mass is 364 g/mol. The summed E-state index contributed by atoms with van der Waals surface area (Å²) in [5, 5.41) is 9.69. The number of para-hydroxylation sites is 2. The Hall–Kier alpha value is -2.94. The van der Waals surface area contributed by atoms with E-state index in [1.807, 2.05) is 24.3 Å². The van der Waals surface area contributed by atoms with Crippen LogP contribution in [0.15, 0.2) is 36.9 Å². The van der Waals surface area contributed by atoms with Crippen molar-refractivity contribution in [2.75, 3.05) is 24.6 Å². The van der Waals surface area contributed by atoms with Crippen molar-refractivity contribution in [3.63, 3.8) is 0 Å². The van der Waals surface area contributed by atoms with Gasteiger partial charge < -0.3 is 9.64 Å². The number of rotatable bonds is 5. The first kappa shape index (κ1) is 18.8. The second-order valence-electron chi connectivity index (χ2n) is 7.25. The summed E-state index contributed by atoms with van der Waals surface area (Å²) in [6.07, 6.45) is 2.63. The molecule has 0 amide bonds. The van der Waals surface area contributed by atoms with Crippen molar-refractivity contribution in [2.45, 2.75) is 26.2 Å². The lowest BCUT2D eigenvalue weighted by Crippen LogP contribution is -2.40. The molecule has 140 valence electrons. The Bertz CT molecular complexity index is 879. The standard InChI is InChI=1S/C21H24N4O2/c1-4-9-27-21(26)16(11-22)19-20(25-12-14(2)10-15(3)13-25)24-18-8-6-5-7-17(18)23-19/h4-8,14-16H,1,9-10,12-13H2,2-3H3. The molecule has 1 saturated heterocycles. The number of nitriles is 1. The number of anilines is 1. The van der Waals surface area contributed by atoms with Crippen molar-refractivity contribution in [3.8, 4) is 6.07 Å². The average molecular weight is 364 g/mol. The predicted octanol–water partition coefficient (Wildman–Crippen LogP) is 3.45. The molecule has 2 heterocycles. The van der Waals surface area contributed by atoms with Crippen molar-refractivity contribution < 1.29 is 9.53 Å². The van der Waals surface area contributed by atoms with E-state index in [9.17, 15) is 10.1 Å². The first-order valence-corrected chi connectivity index (χ1v) is 9.22. The molecule has 1 aromatic heterocycles. The van der Waals surface area contributed by atoms with Gasteiger partial charge in [-0.1, -0.05) is 38.6 Å². The number of hydrogen-bond acceptors (Lipinski definition) is 6. The maximum atomic E-state index is 12.5. The van der Waals surface area contributed by atoms with Crippen molar-refractivity contribution in [3.05, 3.63) is 42.6 Å². The van der Waals surface area contributed by atoms with E-state index in [1.54, 1.807) is 0 Å². The number of esters is 1. The molecule has 1 aromatic carbocycles. The minimum atomic E-state index is -1.12. The van der Waals surface area contributed by atoms with E-state index in [0.29, 0.717) is 28.9 Å². The van der Waals surface area contributed by atoms with Crippen LogP contribution in [0.25, 0.3) is 11.0 Å². The minimum Gasteiger partial charge on any atom is -0.460 e. The van der Waals surface area contributed by atoms with E-state index in [4.69, 9.17) is 9.72 Å². The molecule has 27 heavy (non-hydrogen) atoms.